The van der Waals surface area contributed by atoms with E-state index in [1.54, 1.807) is 0 Å². The molecule has 0 fully saturated rings. The highest BCUT2D eigenvalue weighted by atomic mass is 16.1. The van der Waals surface area contributed by atoms with E-state index in [0.717, 1.165) is 0 Å². The minimum Gasteiger partial charge on any atom is -0.386 e. The fourth-order valence-corrected chi connectivity index (χ4v) is 0.188. The third-order valence-electron chi connectivity index (χ3n) is 0.623. The summed E-state index contributed by atoms with van der Waals surface area (Å²) >= 11 is 0. The molecule has 0 saturated heterocycles. The summed E-state index contributed by atoms with van der Waals surface area (Å²) in [6, 6.07) is 0. The number of amides is 1. The van der Waals surface area contributed by atoms with Crippen molar-refractivity contribution in [3.63, 3.8) is 0 Å². The first-order valence-corrected chi connectivity index (χ1v) is 2.32. The molecule has 4 nitrogen and oxygen atoms in total. The van der Waals surface area contributed by atoms with Gasteiger partial charge < -0.3 is 5.73 Å². The predicted octanol–water partition coefficient (Wildman–Crippen LogP) is -0.585. The van der Waals surface area contributed by atoms with Gasteiger partial charge in [0.15, 0.2) is 0 Å². The number of hydrogen-bond acceptors (Lipinski definition) is 2. The van der Waals surface area contributed by atoms with Crippen molar-refractivity contribution in [1.82, 2.24) is 5.43 Å². The molecule has 3 N–H and O–H groups in total. The molecule has 0 spiro atoms. The molecule has 0 aliphatic rings. The summed E-state index contributed by atoms with van der Waals surface area (Å²) in [5.41, 5.74) is 7.27. The molecule has 1 amide bonds. The zero-order chi connectivity index (χ0) is 6.41. The lowest BCUT2D eigenvalue weighted by Crippen LogP contribution is -2.15. The second-order valence-corrected chi connectivity index (χ2v) is 1.20. The van der Waals surface area contributed by atoms with Crippen LogP contribution in [0.5, 0.6) is 0 Å². The Labute approximate surface area is 47.8 Å². The maximum absolute atomic E-state index is 9.55. The average Bonchev–Trinajstić information content (AvgIpc) is 1.83. The molecule has 0 aliphatic heterocycles. The molecular weight excluding hydrogens is 106 g/mol. The van der Waals surface area contributed by atoms with Gasteiger partial charge in [0.1, 0.15) is 5.84 Å². The minimum absolute atomic E-state index is 0.428. The Morgan fingerprint density at radius 1 is 2.00 bits per heavy atom. The van der Waals surface area contributed by atoms with Gasteiger partial charge in [-0.25, -0.2) is 5.43 Å². The Morgan fingerprint density at radius 2 is 2.62 bits per heavy atom. The predicted molar refractivity (Wildman–Crippen MR) is 31.1 cm³/mol. The van der Waals surface area contributed by atoms with E-state index < -0.39 is 0 Å². The summed E-state index contributed by atoms with van der Waals surface area (Å²) in [7, 11) is 0. The molecule has 0 bridgehead atoms. The summed E-state index contributed by atoms with van der Waals surface area (Å²) in [5, 5.41) is 3.44. The van der Waals surface area contributed by atoms with Crippen molar-refractivity contribution in [3.05, 3.63) is 0 Å². The number of rotatable bonds is 3. The second-order valence-electron chi connectivity index (χ2n) is 1.20. The van der Waals surface area contributed by atoms with Crippen LogP contribution in [-0.2, 0) is 4.79 Å². The van der Waals surface area contributed by atoms with E-state index in [1.165, 1.54) is 0 Å². The standard InChI is InChI=1S/C4H9N3O/c1-2-4(5)7-6-3-8/h3H,2H2,1H3,(H2,5,7)(H,6,8). The van der Waals surface area contributed by atoms with Gasteiger partial charge in [-0.3, -0.25) is 4.79 Å². The number of nitrogens with two attached hydrogens (primary N) is 1. The zero-order valence-corrected chi connectivity index (χ0v) is 4.72. The van der Waals surface area contributed by atoms with Crippen molar-refractivity contribution in [1.29, 1.82) is 0 Å². The lowest BCUT2D eigenvalue weighted by atomic mass is 10.5. The van der Waals surface area contributed by atoms with Gasteiger partial charge in [0.2, 0.25) is 6.41 Å². The van der Waals surface area contributed by atoms with E-state index >= 15 is 0 Å². The minimum atomic E-state index is 0.428. The second kappa shape index (κ2) is 4.11. The van der Waals surface area contributed by atoms with Gasteiger partial charge in [0.25, 0.3) is 0 Å². The van der Waals surface area contributed by atoms with Crippen LogP contribution in [0.1, 0.15) is 13.3 Å². The third-order valence-corrected chi connectivity index (χ3v) is 0.623. The highest BCUT2D eigenvalue weighted by Crippen LogP contribution is 1.70. The Hall–Kier alpha value is -1.06. The summed E-state index contributed by atoms with van der Waals surface area (Å²) in [6.07, 6.45) is 1.13. The fraction of sp³-hybridized carbons (Fsp3) is 0.500. The average molecular weight is 115 g/mol. The number of nitrogens with one attached hydrogen (secondary N) is 1. The number of amidine groups is 1. The lowest BCUT2D eigenvalue weighted by Gasteiger charge is -1.89. The van der Waals surface area contributed by atoms with Crippen LogP contribution in [-0.4, -0.2) is 12.2 Å². The van der Waals surface area contributed by atoms with Gasteiger partial charge in [0.05, 0.1) is 0 Å². The Balaban J connectivity index is 3.40. The molecule has 0 aromatic heterocycles. The van der Waals surface area contributed by atoms with Crippen molar-refractivity contribution < 1.29 is 4.79 Å². The van der Waals surface area contributed by atoms with Crippen LogP contribution < -0.4 is 11.2 Å². The lowest BCUT2D eigenvalue weighted by molar-refractivity contribution is -0.109. The number of hydrogen-bond donors (Lipinski definition) is 2. The van der Waals surface area contributed by atoms with Gasteiger partial charge in [-0.2, -0.15) is 5.10 Å². The van der Waals surface area contributed by atoms with Crippen molar-refractivity contribution in [2.24, 2.45) is 10.8 Å². The molecule has 0 aromatic rings. The third kappa shape index (κ3) is 3.14. The number of carbonyl (C=O) groups is 1. The molecular formula is C4H9N3O. The van der Waals surface area contributed by atoms with Crippen LogP contribution in [0.15, 0.2) is 5.10 Å². The molecule has 0 radical (unpaired) electrons. The van der Waals surface area contributed by atoms with E-state index in [4.69, 9.17) is 5.73 Å². The molecule has 0 heterocycles. The van der Waals surface area contributed by atoms with Crippen LogP contribution in [0.3, 0.4) is 0 Å². The van der Waals surface area contributed by atoms with E-state index in [9.17, 15) is 4.79 Å². The molecule has 8 heavy (non-hydrogen) atoms. The Morgan fingerprint density at radius 3 is 3.00 bits per heavy atom. The first-order chi connectivity index (χ1) is 3.81. The van der Waals surface area contributed by atoms with Crippen molar-refractivity contribution in [2.75, 3.05) is 0 Å². The van der Waals surface area contributed by atoms with E-state index in [0.29, 0.717) is 18.7 Å². The van der Waals surface area contributed by atoms with E-state index in [2.05, 4.69) is 10.5 Å². The SMILES string of the molecule is CC/C(N)=N\NC=O. The molecule has 0 saturated carbocycles. The van der Waals surface area contributed by atoms with Crippen LogP contribution in [0.2, 0.25) is 0 Å². The smallest absolute Gasteiger partial charge is 0.227 e. The maximum Gasteiger partial charge on any atom is 0.227 e. The fourth-order valence-electron chi connectivity index (χ4n) is 0.188. The highest BCUT2D eigenvalue weighted by molar-refractivity contribution is 5.80. The van der Waals surface area contributed by atoms with E-state index in [-0.39, 0.29) is 0 Å². The molecule has 0 aromatic carbocycles. The number of hydrazone groups is 1. The van der Waals surface area contributed by atoms with Crippen molar-refractivity contribution in [2.45, 2.75) is 13.3 Å². The highest BCUT2D eigenvalue weighted by Gasteiger charge is 1.80. The first-order valence-electron chi connectivity index (χ1n) is 2.32. The van der Waals surface area contributed by atoms with Crippen molar-refractivity contribution in [3.8, 4) is 0 Å². The molecule has 0 rings (SSSR count). The molecule has 0 unspecified atom stereocenters. The van der Waals surface area contributed by atoms with Gasteiger partial charge in [-0.15, -0.1) is 0 Å². The number of nitrogens with zero attached hydrogens (tertiary/aromatic N) is 1. The first kappa shape index (κ1) is 6.94. The maximum atomic E-state index is 9.55. The number of carbonyl (C=O) groups excluding carboxylic acids is 1. The molecule has 4 heteroatoms. The summed E-state index contributed by atoms with van der Waals surface area (Å²) in [6.45, 7) is 1.85. The van der Waals surface area contributed by atoms with Crippen LogP contribution >= 0.6 is 0 Å². The van der Waals surface area contributed by atoms with Gasteiger partial charge in [-0.05, 0) is 0 Å². The van der Waals surface area contributed by atoms with E-state index in [1.807, 2.05) is 6.92 Å². The van der Waals surface area contributed by atoms with Crippen LogP contribution in [0, 0.1) is 0 Å². The summed E-state index contributed by atoms with van der Waals surface area (Å²) in [4.78, 5) is 9.55. The zero-order valence-electron chi connectivity index (χ0n) is 4.72. The van der Waals surface area contributed by atoms with Crippen LogP contribution in [0.4, 0.5) is 0 Å². The van der Waals surface area contributed by atoms with Gasteiger partial charge in [0, 0.05) is 6.42 Å². The Bertz CT molecular complexity index is 99.5. The van der Waals surface area contributed by atoms with Gasteiger partial charge >= 0.3 is 0 Å². The molecule has 0 aliphatic carbocycles. The molecule has 46 valence electrons. The quantitative estimate of drug-likeness (QED) is 0.223. The normalized spacial score (nSPS) is 10.9. The topological polar surface area (TPSA) is 67.5 Å². The van der Waals surface area contributed by atoms with Gasteiger partial charge in [-0.1, -0.05) is 6.92 Å². The summed E-state index contributed by atoms with van der Waals surface area (Å²) in [5.74, 6) is 0.428. The summed E-state index contributed by atoms with van der Waals surface area (Å²) < 4.78 is 0. The Kier molecular flexibility index (Phi) is 3.56. The molecule has 0 atom stereocenters. The van der Waals surface area contributed by atoms with Crippen molar-refractivity contribution >= 4 is 12.2 Å². The van der Waals surface area contributed by atoms with Crippen LogP contribution in [0.25, 0.3) is 0 Å². The largest absolute Gasteiger partial charge is 0.386 e. The monoisotopic (exact) mass is 115 g/mol.